The van der Waals surface area contributed by atoms with Crippen molar-refractivity contribution in [3.8, 4) is 0 Å². The SMILES string of the molecule is C=CC(=NC)c1cccnc1.CC.CC.CC. The number of hydrogen-bond donors (Lipinski definition) is 0. The van der Waals surface area contributed by atoms with Gasteiger partial charge in [-0.05, 0) is 18.2 Å². The van der Waals surface area contributed by atoms with Crippen LogP contribution in [0.3, 0.4) is 0 Å². The second-order valence-corrected chi connectivity index (χ2v) is 2.05. The van der Waals surface area contributed by atoms with Crippen molar-refractivity contribution in [1.82, 2.24) is 4.98 Å². The molecule has 0 aromatic carbocycles. The van der Waals surface area contributed by atoms with Crippen LogP contribution in [0.15, 0.2) is 42.2 Å². The normalized spacial score (nSPS) is 8.29. The molecule has 0 amide bonds. The van der Waals surface area contributed by atoms with Gasteiger partial charge in [0.1, 0.15) is 0 Å². The minimum Gasteiger partial charge on any atom is -0.288 e. The van der Waals surface area contributed by atoms with E-state index in [9.17, 15) is 0 Å². The van der Waals surface area contributed by atoms with E-state index < -0.39 is 0 Å². The van der Waals surface area contributed by atoms with Gasteiger partial charge in [-0.2, -0.15) is 0 Å². The summed E-state index contributed by atoms with van der Waals surface area (Å²) in [4.78, 5) is 8.01. The average molecular weight is 236 g/mol. The molecule has 0 bridgehead atoms. The van der Waals surface area contributed by atoms with Gasteiger partial charge in [0.2, 0.25) is 0 Å². The van der Waals surface area contributed by atoms with Crippen LogP contribution in [-0.4, -0.2) is 17.7 Å². The molecule has 0 unspecified atom stereocenters. The predicted molar refractivity (Wildman–Crippen MR) is 80.9 cm³/mol. The van der Waals surface area contributed by atoms with E-state index in [0.29, 0.717) is 0 Å². The lowest BCUT2D eigenvalue weighted by atomic mass is 10.2. The molecule has 2 heteroatoms. The van der Waals surface area contributed by atoms with Gasteiger partial charge in [0.05, 0.1) is 5.71 Å². The van der Waals surface area contributed by atoms with Gasteiger partial charge in [-0.15, -0.1) is 0 Å². The van der Waals surface area contributed by atoms with E-state index >= 15 is 0 Å². The Hall–Kier alpha value is -1.44. The van der Waals surface area contributed by atoms with Crippen molar-refractivity contribution >= 4 is 5.71 Å². The molecule has 17 heavy (non-hydrogen) atoms. The molecular formula is C15H28N2. The zero-order valence-corrected chi connectivity index (χ0v) is 12.5. The molecule has 0 fully saturated rings. The molecule has 2 nitrogen and oxygen atoms in total. The third kappa shape index (κ3) is 10.8. The van der Waals surface area contributed by atoms with Crippen LogP contribution in [0.5, 0.6) is 0 Å². The van der Waals surface area contributed by atoms with Gasteiger partial charge >= 0.3 is 0 Å². The third-order valence-electron chi connectivity index (χ3n) is 1.39. The molecule has 0 atom stereocenters. The van der Waals surface area contributed by atoms with Crippen LogP contribution in [0.1, 0.15) is 47.1 Å². The van der Waals surface area contributed by atoms with Crippen LogP contribution in [0.25, 0.3) is 0 Å². The van der Waals surface area contributed by atoms with Crippen molar-refractivity contribution in [2.45, 2.75) is 41.5 Å². The maximum absolute atomic E-state index is 4.04. The van der Waals surface area contributed by atoms with Gasteiger partial charge < -0.3 is 0 Å². The average Bonchev–Trinajstić information content (AvgIpc) is 2.48. The molecule has 0 saturated heterocycles. The highest BCUT2D eigenvalue weighted by Gasteiger charge is 1.94. The van der Waals surface area contributed by atoms with Crippen molar-refractivity contribution in [2.75, 3.05) is 7.05 Å². The molecule has 0 radical (unpaired) electrons. The smallest absolute Gasteiger partial charge is 0.0652 e. The molecule has 0 aliphatic heterocycles. The number of hydrogen-bond acceptors (Lipinski definition) is 2. The molecule has 0 saturated carbocycles. The monoisotopic (exact) mass is 236 g/mol. The third-order valence-corrected chi connectivity index (χ3v) is 1.39. The zero-order valence-electron chi connectivity index (χ0n) is 12.5. The molecule has 0 N–H and O–H groups in total. The zero-order chi connectivity index (χ0) is 14.1. The largest absolute Gasteiger partial charge is 0.288 e. The lowest BCUT2D eigenvalue weighted by Crippen LogP contribution is -1.95. The first-order chi connectivity index (χ1) is 8.38. The second-order valence-electron chi connectivity index (χ2n) is 2.05. The summed E-state index contributed by atoms with van der Waals surface area (Å²) < 4.78 is 0. The van der Waals surface area contributed by atoms with Crippen LogP contribution in [-0.2, 0) is 0 Å². The van der Waals surface area contributed by atoms with E-state index in [-0.39, 0.29) is 0 Å². The summed E-state index contributed by atoms with van der Waals surface area (Å²) in [5, 5.41) is 0. The van der Waals surface area contributed by atoms with E-state index in [4.69, 9.17) is 0 Å². The summed E-state index contributed by atoms with van der Waals surface area (Å²) in [5.41, 5.74) is 1.88. The maximum Gasteiger partial charge on any atom is 0.0652 e. The molecule has 1 aromatic rings. The number of nitrogens with zero attached hydrogens (tertiary/aromatic N) is 2. The molecule has 1 rings (SSSR count). The first-order valence-corrected chi connectivity index (χ1v) is 6.38. The fourth-order valence-electron chi connectivity index (χ4n) is 0.853. The number of allylic oxidation sites excluding steroid dienone is 1. The Balaban J connectivity index is -0.000000285. The van der Waals surface area contributed by atoms with Gasteiger partial charge in [0.25, 0.3) is 0 Å². The first-order valence-electron chi connectivity index (χ1n) is 6.38. The number of pyridine rings is 1. The Kier molecular flexibility index (Phi) is 24.6. The molecule has 1 heterocycles. The van der Waals surface area contributed by atoms with Crippen molar-refractivity contribution in [1.29, 1.82) is 0 Å². The maximum atomic E-state index is 4.04. The summed E-state index contributed by atoms with van der Waals surface area (Å²) in [6, 6.07) is 3.83. The van der Waals surface area contributed by atoms with Crippen LogP contribution in [0, 0.1) is 0 Å². The first kappa shape index (κ1) is 20.9. The van der Waals surface area contributed by atoms with Gasteiger partial charge in [-0.3, -0.25) is 9.98 Å². The lowest BCUT2D eigenvalue weighted by Gasteiger charge is -1.96. The Morgan fingerprint density at radius 3 is 2.00 bits per heavy atom. The number of aromatic nitrogens is 1. The van der Waals surface area contributed by atoms with Crippen molar-refractivity contribution in [2.24, 2.45) is 4.99 Å². The standard InChI is InChI=1S/C9H10N2.3C2H6/c1-3-9(10-2)8-5-4-6-11-7-8;3*1-2/h3-7H,1H2,2H3;3*1-2H3. The quantitative estimate of drug-likeness (QED) is 0.679. The molecule has 0 spiro atoms. The minimum absolute atomic E-state index is 0.873. The molecule has 1 aromatic heterocycles. The van der Waals surface area contributed by atoms with E-state index in [1.165, 1.54) is 0 Å². The summed E-state index contributed by atoms with van der Waals surface area (Å²) in [6.07, 6.45) is 5.22. The topological polar surface area (TPSA) is 25.2 Å². The predicted octanol–water partition coefficient (Wildman–Crippen LogP) is 4.77. The molecule has 0 aliphatic carbocycles. The van der Waals surface area contributed by atoms with Crippen molar-refractivity contribution < 1.29 is 0 Å². The lowest BCUT2D eigenvalue weighted by molar-refractivity contribution is 1.31. The Morgan fingerprint density at radius 2 is 1.71 bits per heavy atom. The van der Waals surface area contributed by atoms with Crippen LogP contribution in [0.2, 0.25) is 0 Å². The van der Waals surface area contributed by atoms with Crippen molar-refractivity contribution in [3.63, 3.8) is 0 Å². The summed E-state index contributed by atoms with van der Waals surface area (Å²) >= 11 is 0. The number of aliphatic imine (C=N–C) groups is 1. The fraction of sp³-hybridized carbons (Fsp3) is 0.467. The highest BCUT2D eigenvalue weighted by Crippen LogP contribution is 1.98. The van der Waals surface area contributed by atoms with Crippen LogP contribution in [0.4, 0.5) is 0 Å². The highest BCUT2D eigenvalue weighted by atomic mass is 14.7. The van der Waals surface area contributed by atoms with Gasteiger partial charge in [0, 0.05) is 25.0 Å². The Bertz CT molecular complexity index is 264. The van der Waals surface area contributed by atoms with E-state index in [1.54, 1.807) is 25.5 Å². The summed E-state index contributed by atoms with van der Waals surface area (Å²) in [6.45, 7) is 15.6. The highest BCUT2D eigenvalue weighted by molar-refractivity contribution is 6.08. The second kappa shape index (κ2) is 20.0. The van der Waals surface area contributed by atoms with Gasteiger partial charge in [-0.1, -0.05) is 48.1 Å². The molecular weight excluding hydrogens is 208 g/mol. The summed E-state index contributed by atoms with van der Waals surface area (Å²) in [7, 11) is 1.74. The number of rotatable bonds is 2. The van der Waals surface area contributed by atoms with E-state index in [2.05, 4.69) is 16.6 Å². The van der Waals surface area contributed by atoms with Crippen LogP contribution >= 0.6 is 0 Å². The molecule has 0 aliphatic rings. The van der Waals surface area contributed by atoms with E-state index in [0.717, 1.165) is 11.3 Å². The Morgan fingerprint density at radius 1 is 1.18 bits per heavy atom. The summed E-state index contributed by atoms with van der Waals surface area (Å²) in [5.74, 6) is 0. The van der Waals surface area contributed by atoms with Crippen molar-refractivity contribution in [3.05, 3.63) is 42.7 Å². The van der Waals surface area contributed by atoms with Crippen LogP contribution < -0.4 is 0 Å². The van der Waals surface area contributed by atoms with Gasteiger partial charge in [-0.25, -0.2) is 0 Å². The minimum atomic E-state index is 0.873. The fourth-order valence-corrected chi connectivity index (χ4v) is 0.853. The van der Waals surface area contributed by atoms with Gasteiger partial charge in [0.15, 0.2) is 0 Å². The Labute approximate surface area is 108 Å². The molecule has 98 valence electrons. The van der Waals surface area contributed by atoms with E-state index in [1.807, 2.05) is 53.7 Å².